The van der Waals surface area contributed by atoms with Crippen LogP contribution in [-0.4, -0.2) is 31.4 Å². The maximum Gasteiger partial charge on any atom is 0.129 e. The Bertz CT molecular complexity index is 202. The highest BCUT2D eigenvalue weighted by Gasteiger charge is 1.93. The molecule has 0 unspecified atom stereocenters. The first-order chi connectivity index (χ1) is 6.43. The molecule has 1 heterocycles. The van der Waals surface area contributed by atoms with Crippen LogP contribution in [0.4, 0.5) is 0 Å². The summed E-state index contributed by atoms with van der Waals surface area (Å²) in [5.41, 5.74) is 0.919. The highest BCUT2D eigenvalue weighted by atomic mass is 14.9. The Hall–Kier alpha value is -0.990. The molecule has 1 aliphatic rings. The standard InChI is InChI=1S/C10H17N3/c1-2-3-4-5-6-13-10-7-11-9-12-8-10/h7-8H,2-6,9H2,1H3. The van der Waals surface area contributed by atoms with Crippen LogP contribution in [0.3, 0.4) is 0 Å². The highest BCUT2D eigenvalue weighted by Crippen LogP contribution is 1.98. The van der Waals surface area contributed by atoms with E-state index in [9.17, 15) is 0 Å². The molecule has 0 amide bonds. The van der Waals surface area contributed by atoms with Crippen molar-refractivity contribution in [3.63, 3.8) is 0 Å². The van der Waals surface area contributed by atoms with Crippen molar-refractivity contribution in [2.45, 2.75) is 32.6 Å². The maximum atomic E-state index is 4.37. The predicted octanol–water partition coefficient (Wildman–Crippen LogP) is 2.12. The van der Waals surface area contributed by atoms with Crippen molar-refractivity contribution < 1.29 is 0 Å². The first-order valence-electron chi connectivity index (χ1n) is 4.97. The molecule has 0 fully saturated rings. The topological polar surface area (TPSA) is 37.1 Å². The van der Waals surface area contributed by atoms with Gasteiger partial charge in [0, 0.05) is 6.54 Å². The molecule has 0 bridgehead atoms. The fourth-order valence-electron chi connectivity index (χ4n) is 1.18. The molecule has 0 aromatic carbocycles. The van der Waals surface area contributed by atoms with Gasteiger partial charge in [0.15, 0.2) is 0 Å². The normalized spacial score (nSPS) is 15.0. The Morgan fingerprint density at radius 2 is 2.00 bits per heavy atom. The van der Waals surface area contributed by atoms with Crippen LogP contribution < -0.4 is 0 Å². The van der Waals surface area contributed by atoms with E-state index >= 15 is 0 Å². The Morgan fingerprint density at radius 3 is 2.69 bits per heavy atom. The van der Waals surface area contributed by atoms with E-state index in [1.54, 1.807) is 12.4 Å². The summed E-state index contributed by atoms with van der Waals surface area (Å²) in [5.74, 6) is 0. The third-order valence-corrected chi connectivity index (χ3v) is 1.92. The number of unbranched alkanes of at least 4 members (excludes halogenated alkanes) is 3. The molecule has 1 aliphatic heterocycles. The fourth-order valence-corrected chi connectivity index (χ4v) is 1.18. The lowest BCUT2D eigenvalue weighted by molar-refractivity contribution is 0.676. The molecule has 0 aromatic heterocycles. The van der Waals surface area contributed by atoms with E-state index in [0.717, 1.165) is 12.3 Å². The molecule has 72 valence electrons. The lowest BCUT2D eigenvalue weighted by Crippen LogP contribution is -2.07. The molecular weight excluding hydrogens is 162 g/mol. The third kappa shape index (κ3) is 4.55. The minimum absolute atomic E-state index is 0.564. The largest absolute Gasteiger partial charge is 0.282 e. The molecular formula is C10H17N3. The second kappa shape index (κ2) is 6.52. The Labute approximate surface area is 79.7 Å². The van der Waals surface area contributed by atoms with Gasteiger partial charge >= 0.3 is 0 Å². The van der Waals surface area contributed by atoms with Gasteiger partial charge in [-0.1, -0.05) is 26.2 Å². The average Bonchev–Trinajstić information content (AvgIpc) is 2.19. The van der Waals surface area contributed by atoms with Crippen LogP contribution in [0.1, 0.15) is 32.6 Å². The first-order valence-corrected chi connectivity index (χ1v) is 4.97. The summed E-state index contributed by atoms with van der Waals surface area (Å²) in [6.45, 7) is 3.69. The molecule has 0 atom stereocenters. The van der Waals surface area contributed by atoms with Crippen LogP contribution in [0.5, 0.6) is 0 Å². The SMILES string of the molecule is CCCCCCN=C1C=NCN=C1. The Morgan fingerprint density at radius 1 is 1.23 bits per heavy atom. The predicted molar refractivity (Wildman–Crippen MR) is 58.3 cm³/mol. The summed E-state index contributed by atoms with van der Waals surface area (Å²) < 4.78 is 0. The van der Waals surface area contributed by atoms with Gasteiger partial charge in [0.05, 0.1) is 18.1 Å². The summed E-state index contributed by atoms with van der Waals surface area (Å²) >= 11 is 0. The lowest BCUT2D eigenvalue weighted by atomic mass is 10.2. The second-order valence-corrected chi connectivity index (χ2v) is 3.13. The van der Waals surface area contributed by atoms with Crippen molar-refractivity contribution in [1.82, 2.24) is 0 Å². The quantitative estimate of drug-likeness (QED) is 0.580. The van der Waals surface area contributed by atoms with Crippen LogP contribution >= 0.6 is 0 Å². The molecule has 0 saturated heterocycles. The van der Waals surface area contributed by atoms with Crippen LogP contribution in [0, 0.1) is 0 Å². The van der Waals surface area contributed by atoms with Crippen LogP contribution in [0.2, 0.25) is 0 Å². The van der Waals surface area contributed by atoms with E-state index in [-0.39, 0.29) is 0 Å². The van der Waals surface area contributed by atoms with Gasteiger partial charge < -0.3 is 0 Å². The van der Waals surface area contributed by atoms with Crippen LogP contribution in [0.25, 0.3) is 0 Å². The Balaban J connectivity index is 2.12. The molecule has 3 heteroatoms. The van der Waals surface area contributed by atoms with Gasteiger partial charge in [0.2, 0.25) is 0 Å². The van der Waals surface area contributed by atoms with Gasteiger partial charge in [-0.05, 0) is 6.42 Å². The Kier molecular flexibility index (Phi) is 5.06. The van der Waals surface area contributed by atoms with Crippen molar-refractivity contribution in [2.75, 3.05) is 13.2 Å². The molecule has 13 heavy (non-hydrogen) atoms. The van der Waals surface area contributed by atoms with Crippen molar-refractivity contribution in [3.8, 4) is 0 Å². The number of nitrogens with zero attached hydrogens (tertiary/aromatic N) is 3. The van der Waals surface area contributed by atoms with E-state index < -0.39 is 0 Å². The van der Waals surface area contributed by atoms with Crippen LogP contribution in [0.15, 0.2) is 15.0 Å². The number of hydrogen-bond acceptors (Lipinski definition) is 3. The van der Waals surface area contributed by atoms with E-state index in [1.807, 2.05) is 0 Å². The van der Waals surface area contributed by atoms with Gasteiger partial charge in [-0.25, -0.2) is 0 Å². The summed E-state index contributed by atoms with van der Waals surface area (Å²) in [5, 5.41) is 0. The number of aliphatic imine (C=N–C) groups is 3. The van der Waals surface area contributed by atoms with E-state index in [4.69, 9.17) is 0 Å². The summed E-state index contributed by atoms with van der Waals surface area (Å²) in [6, 6.07) is 0. The lowest BCUT2D eigenvalue weighted by Gasteiger charge is -1.99. The minimum Gasteiger partial charge on any atom is -0.282 e. The van der Waals surface area contributed by atoms with E-state index in [0.29, 0.717) is 6.67 Å². The van der Waals surface area contributed by atoms with Gasteiger partial charge in [-0.3, -0.25) is 15.0 Å². The molecule has 0 N–H and O–H groups in total. The van der Waals surface area contributed by atoms with Crippen LogP contribution in [-0.2, 0) is 0 Å². The smallest absolute Gasteiger partial charge is 0.129 e. The molecule has 3 nitrogen and oxygen atoms in total. The maximum absolute atomic E-state index is 4.37. The van der Waals surface area contributed by atoms with E-state index in [2.05, 4.69) is 21.9 Å². The zero-order valence-electron chi connectivity index (χ0n) is 8.24. The molecule has 0 saturated carbocycles. The van der Waals surface area contributed by atoms with E-state index in [1.165, 1.54) is 25.7 Å². The zero-order valence-corrected chi connectivity index (χ0v) is 8.24. The number of rotatable bonds is 5. The average molecular weight is 179 g/mol. The second-order valence-electron chi connectivity index (χ2n) is 3.13. The van der Waals surface area contributed by atoms with Gasteiger partial charge in [-0.2, -0.15) is 0 Å². The van der Waals surface area contributed by atoms with Gasteiger partial charge in [-0.15, -0.1) is 0 Å². The van der Waals surface area contributed by atoms with Crippen molar-refractivity contribution in [1.29, 1.82) is 0 Å². The highest BCUT2D eigenvalue weighted by molar-refractivity contribution is 6.56. The summed E-state index contributed by atoms with van der Waals surface area (Å²) in [4.78, 5) is 12.4. The third-order valence-electron chi connectivity index (χ3n) is 1.92. The van der Waals surface area contributed by atoms with Gasteiger partial charge in [0.25, 0.3) is 0 Å². The summed E-state index contributed by atoms with van der Waals surface area (Å²) in [6.07, 6.45) is 8.65. The molecule has 0 aromatic rings. The fraction of sp³-hybridized carbons (Fsp3) is 0.700. The molecule has 0 aliphatic carbocycles. The molecule has 1 rings (SSSR count). The first kappa shape index (κ1) is 10.1. The molecule has 0 radical (unpaired) electrons. The zero-order chi connectivity index (χ0) is 9.36. The minimum atomic E-state index is 0.564. The van der Waals surface area contributed by atoms with Crippen molar-refractivity contribution in [3.05, 3.63) is 0 Å². The number of hydrogen-bond donors (Lipinski definition) is 0. The summed E-state index contributed by atoms with van der Waals surface area (Å²) in [7, 11) is 0. The monoisotopic (exact) mass is 179 g/mol. The van der Waals surface area contributed by atoms with Crippen molar-refractivity contribution in [2.24, 2.45) is 15.0 Å². The molecule has 0 spiro atoms. The van der Waals surface area contributed by atoms with Crippen molar-refractivity contribution >= 4 is 18.1 Å². The van der Waals surface area contributed by atoms with Gasteiger partial charge in [0.1, 0.15) is 6.67 Å².